The molecule has 1 aliphatic heterocycles. The van der Waals surface area contributed by atoms with Crippen LogP contribution in [0.25, 0.3) is 10.9 Å². The van der Waals surface area contributed by atoms with Gasteiger partial charge < -0.3 is 19.7 Å². The number of fused-ring (bicyclic) bond motifs is 1. The molecule has 4 rings (SSSR count). The predicted octanol–water partition coefficient (Wildman–Crippen LogP) is 4.53. The number of carbonyl (C=O) groups excluding carboxylic acids is 2. The van der Waals surface area contributed by atoms with Crippen LogP contribution in [0.2, 0.25) is 0 Å². The molecule has 0 spiro atoms. The molecule has 220 valence electrons. The normalized spacial score (nSPS) is 14.0. The number of nitrogens with one attached hydrogen (secondary N) is 1. The molecule has 1 aromatic carbocycles. The summed E-state index contributed by atoms with van der Waals surface area (Å²) in [6.07, 6.45) is 5.54. The SMILES string of the molecule is CN(C)CC(=O)N1CCC(CCc2ccc3c(c2)cc(C#CC(=O)Nc2ccc(C(C)(C)C#N)nc2)n3CCF)CC1. The van der Waals surface area contributed by atoms with E-state index in [4.69, 9.17) is 0 Å². The van der Waals surface area contributed by atoms with E-state index >= 15 is 0 Å². The van der Waals surface area contributed by atoms with Crippen LogP contribution in [0.15, 0.2) is 42.6 Å². The van der Waals surface area contributed by atoms with E-state index in [0.717, 1.165) is 49.7 Å². The van der Waals surface area contributed by atoms with Gasteiger partial charge in [-0.15, -0.1) is 0 Å². The molecule has 1 fully saturated rings. The Labute approximate surface area is 247 Å². The van der Waals surface area contributed by atoms with E-state index in [0.29, 0.717) is 29.5 Å². The number of aromatic nitrogens is 2. The first-order valence-corrected chi connectivity index (χ1v) is 14.4. The van der Waals surface area contributed by atoms with Gasteiger partial charge in [-0.3, -0.25) is 14.6 Å². The van der Waals surface area contributed by atoms with E-state index in [2.05, 4.69) is 40.3 Å². The Hall–Kier alpha value is -4.21. The van der Waals surface area contributed by atoms with E-state index in [1.165, 1.54) is 11.8 Å². The van der Waals surface area contributed by atoms with Crippen molar-refractivity contribution in [1.29, 1.82) is 5.26 Å². The van der Waals surface area contributed by atoms with Crippen molar-refractivity contribution in [2.75, 3.05) is 45.7 Å². The van der Waals surface area contributed by atoms with Gasteiger partial charge in [-0.2, -0.15) is 5.26 Å². The van der Waals surface area contributed by atoms with Crippen LogP contribution in [0, 0.1) is 29.1 Å². The molecule has 1 saturated heterocycles. The largest absolute Gasteiger partial charge is 0.342 e. The summed E-state index contributed by atoms with van der Waals surface area (Å²) >= 11 is 0. The number of amides is 2. The van der Waals surface area contributed by atoms with Crippen molar-refractivity contribution in [1.82, 2.24) is 19.4 Å². The lowest BCUT2D eigenvalue weighted by Crippen LogP contribution is -2.42. The van der Waals surface area contributed by atoms with E-state index in [-0.39, 0.29) is 12.5 Å². The lowest BCUT2D eigenvalue weighted by Gasteiger charge is -2.32. The number of aryl methyl sites for hydroxylation is 2. The zero-order chi connectivity index (χ0) is 30.3. The van der Waals surface area contributed by atoms with Crippen LogP contribution in [0.3, 0.4) is 0 Å². The van der Waals surface area contributed by atoms with Gasteiger partial charge in [0.05, 0.1) is 47.8 Å². The minimum Gasteiger partial charge on any atom is -0.342 e. The molecule has 8 nitrogen and oxygen atoms in total. The molecule has 0 aliphatic carbocycles. The number of hydrogen-bond acceptors (Lipinski definition) is 5. The molecular weight excluding hydrogens is 531 g/mol. The Morgan fingerprint density at radius 2 is 1.93 bits per heavy atom. The Bertz CT molecular complexity index is 1520. The molecule has 1 N–H and O–H groups in total. The highest BCUT2D eigenvalue weighted by molar-refractivity contribution is 6.04. The van der Waals surface area contributed by atoms with Gasteiger partial charge in [0.25, 0.3) is 0 Å². The third-order valence-electron chi connectivity index (χ3n) is 7.78. The van der Waals surface area contributed by atoms with Crippen LogP contribution in [-0.4, -0.2) is 71.6 Å². The van der Waals surface area contributed by atoms with Gasteiger partial charge in [-0.1, -0.05) is 6.07 Å². The Balaban J connectivity index is 1.39. The zero-order valence-electron chi connectivity index (χ0n) is 24.9. The van der Waals surface area contributed by atoms with Crippen molar-refractivity contribution >= 4 is 28.4 Å². The number of nitrogens with zero attached hydrogens (tertiary/aromatic N) is 5. The van der Waals surface area contributed by atoms with Crippen LogP contribution >= 0.6 is 0 Å². The first-order valence-electron chi connectivity index (χ1n) is 14.4. The maximum Gasteiger partial charge on any atom is 0.300 e. The topological polar surface area (TPSA) is 94.3 Å². The van der Waals surface area contributed by atoms with E-state index in [1.807, 2.05) is 36.0 Å². The summed E-state index contributed by atoms with van der Waals surface area (Å²) in [6.45, 7) is 5.26. The number of carbonyl (C=O) groups is 2. The third-order valence-corrected chi connectivity index (χ3v) is 7.78. The molecule has 2 aromatic heterocycles. The average Bonchev–Trinajstić information content (AvgIpc) is 3.31. The standard InChI is InChI=1S/C33H39FN6O2/c1-33(2,23-35)30-11-8-27(21-36-30)37-31(41)12-9-28-20-26-19-25(7-10-29(26)40(28)18-15-34)6-5-24-13-16-39(17-14-24)32(42)22-38(3)4/h7-8,10-11,19-21,24H,5-6,13-18,22H2,1-4H3,(H,37,41). The summed E-state index contributed by atoms with van der Waals surface area (Å²) in [5.41, 5.74) is 3.03. The minimum atomic E-state index is -0.725. The highest BCUT2D eigenvalue weighted by atomic mass is 19.1. The van der Waals surface area contributed by atoms with Crippen molar-refractivity contribution < 1.29 is 14.0 Å². The van der Waals surface area contributed by atoms with Crippen molar-refractivity contribution in [3.8, 4) is 17.9 Å². The fraction of sp³-hybridized carbons (Fsp3) is 0.455. The molecule has 0 atom stereocenters. The highest BCUT2D eigenvalue weighted by Gasteiger charge is 2.23. The third kappa shape index (κ3) is 7.74. The number of alkyl halides is 1. The molecule has 0 bridgehead atoms. The van der Waals surface area contributed by atoms with Crippen molar-refractivity contribution in [3.05, 3.63) is 59.5 Å². The van der Waals surface area contributed by atoms with Gasteiger partial charge in [0.1, 0.15) is 6.67 Å². The first-order chi connectivity index (χ1) is 20.1. The predicted molar refractivity (Wildman–Crippen MR) is 162 cm³/mol. The number of benzene rings is 1. The van der Waals surface area contributed by atoms with Crippen LogP contribution in [-0.2, 0) is 28.0 Å². The van der Waals surface area contributed by atoms with Gasteiger partial charge in [-0.25, -0.2) is 4.39 Å². The lowest BCUT2D eigenvalue weighted by molar-refractivity contribution is -0.133. The lowest BCUT2D eigenvalue weighted by atomic mass is 9.90. The molecular formula is C33H39FN6O2. The summed E-state index contributed by atoms with van der Waals surface area (Å²) in [7, 11) is 3.83. The van der Waals surface area contributed by atoms with E-state index < -0.39 is 18.0 Å². The van der Waals surface area contributed by atoms with Crippen LogP contribution in [0.4, 0.5) is 10.1 Å². The first kappa shape index (κ1) is 30.7. The van der Waals surface area contributed by atoms with Gasteiger partial charge in [0.15, 0.2) is 0 Å². The summed E-state index contributed by atoms with van der Waals surface area (Å²) in [4.78, 5) is 33.0. The van der Waals surface area contributed by atoms with E-state index in [1.54, 1.807) is 30.5 Å². The number of pyridine rings is 1. The molecule has 3 aromatic rings. The molecule has 3 heterocycles. The molecule has 0 unspecified atom stereocenters. The van der Waals surface area contributed by atoms with Crippen LogP contribution < -0.4 is 5.32 Å². The second-order valence-electron chi connectivity index (χ2n) is 11.7. The molecule has 0 radical (unpaired) electrons. The Morgan fingerprint density at radius 3 is 2.57 bits per heavy atom. The molecule has 0 saturated carbocycles. The monoisotopic (exact) mass is 570 g/mol. The quantitative estimate of drug-likeness (QED) is 0.382. The molecule has 42 heavy (non-hydrogen) atoms. The van der Waals surface area contributed by atoms with Gasteiger partial charge in [0, 0.05) is 29.9 Å². The second kappa shape index (κ2) is 13.6. The zero-order valence-corrected chi connectivity index (χ0v) is 24.9. The number of halogens is 1. The van der Waals surface area contributed by atoms with Gasteiger partial charge in [0.2, 0.25) is 5.91 Å². The second-order valence-corrected chi connectivity index (χ2v) is 11.7. The number of hydrogen-bond donors (Lipinski definition) is 1. The summed E-state index contributed by atoms with van der Waals surface area (Å²) in [5, 5.41) is 12.9. The molecule has 1 aliphatic rings. The van der Waals surface area contributed by atoms with Crippen molar-refractivity contribution in [3.63, 3.8) is 0 Å². The van der Waals surface area contributed by atoms with Crippen LogP contribution in [0.5, 0.6) is 0 Å². The maximum atomic E-state index is 13.4. The number of rotatable bonds is 9. The van der Waals surface area contributed by atoms with Gasteiger partial charge >= 0.3 is 5.91 Å². The highest BCUT2D eigenvalue weighted by Crippen LogP contribution is 2.26. The number of anilines is 1. The summed E-state index contributed by atoms with van der Waals surface area (Å²) < 4.78 is 15.2. The van der Waals surface area contributed by atoms with Crippen molar-refractivity contribution in [2.24, 2.45) is 5.92 Å². The minimum absolute atomic E-state index is 0.152. The fourth-order valence-corrected chi connectivity index (χ4v) is 5.30. The number of likely N-dealkylation sites (tertiary alicyclic amines) is 1. The van der Waals surface area contributed by atoms with Gasteiger partial charge in [-0.05, 0) is 101 Å². The Morgan fingerprint density at radius 1 is 1.17 bits per heavy atom. The fourth-order valence-electron chi connectivity index (χ4n) is 5.30. The molecule has 2 amide bonds. The number of nitriles is 1. The Kier molecular flexibility index (Phi) is 9.98. The summed E-state index contributed by atoms with van der Waals surface area (Å²) in [5.74, 6) is 5.81. The van der Waals surface area contributed by atoms with Crippen LogP contribution in [0.1, 0.15) is 50.1 Å². The summed E-state index contributed by atoms with van der Waals surface area (Å²) in [6, 6.07) is 13.7. The maximum absolute atomic E-state index is 13.4. The molecule has 9 heteroatoms. The number of piperidine rings is 1. The van der Waals surface area contributed by atoms with Crippen molar-refractivity contribution in [2.45, 2.75) is 51.5 Å². The number of likely N-dealkylation sites (N-methyl/N-ethyl adjacent to an activating group) is 1. The average molecular weight is 571 g/mol. The smallest absolute Gasteiger partial charge is 0.300 e. The van der Waals surface area contributed by atoms with E-state index in [9.17, 15) is 19.2 Å².